The largest absolute Gasteiger partial charge is 0.355 e. The van der Waals surface area contributed by atoms with Crippen molar-refractivity contribution < 1.29 is 9.18 Å². The molecule has 0 saturated carbocycles. The SMILES string of the molecule is CC(C)C(=O)NCC(C)(C)c1ccccc1F. The number of hydrogen-bond acceptors (Lipinski definition) is 1. The Bertz CT molecular complexity index is 399. The van der Waals surface area contributed by atoms with Crippen molar-refractivity contribution in [3.05, 3.63) is 35.6 Å². The number of carbonyl (C=O) groups excluding carboxylic acids is 1. The van der Waals surface area contributed by atoms with Crippen molar-refractivity contribution in [1.29, 1.82) is 0 Å². The fraction of sp³-hybridized carbons (Fsp3) is 0.500. The molecule has 1 aromatic carbocycles. The number of carbonyl (C=O) groups is 1. The van der Waals surface area contributed by atoms with E-state index in [2.05, 4.69) is 5.32 Å². The van der Waals surface area contributed by atoms with Gasteiger partial charge in [-0.15, -0.1) is 0 Å². The van der Waals surface area contributed by atoms with Crippen LogP contribution in [0.3, 0.4) is 0 Å². The monoisotopic (exact) mass is 237 g/mol. The first-order valence-electron chi connectivity index (χ1n) is 5.87. The van der Waals surface area contributed by atoms with Gasteiger partial charge in [0.15, 0.2) is 0 Å². The van der Waals surface area contributed by atoms with Crippen LogP contribution in [0, 0.1) is 11.7 Å². The van der Waals surface area contributed by atoms with E-state index >= 15 is 0 Å². The second-order valence-electron chi connectivity index (χ2n) is 5.24. The first kappa shape index (κ1) is 13.7. The van der Waals surface area contributed by atoms with E-state index in [4.69, 9.17) is 0 Å². The highest BCUT2D eigenvalue weighted by Gasteiger charge is 2.24. The van der Waals surface area contributed by atoms with Gasteiger partial charge < -0.3 is 5.32 Å². The molecule has 2 nitrogen and oxygen atoms in total. The maximum Gasteiger partial charge on any atom is 0.222 e. The van der Waals surface area contributed by atoms with E-state index in [0.29, 0.717) is 12.1 Å². The van der Waals surface area contributed by atoms with Gasteiger partial charge in [0.1, 0.15) is 5.82 Å². The summed E-state index contributed by atoms with van der Waals surface area (Å²) in [5, 5.41) is 2.84. The van der Waals surface area contributed by atoms with Gasteiger partial charge in [0.25, 0.3) is 0 Å². The third kappa shape index (κ3) is 3.55. The van der Waals surface area contributed by atoms with Crippen molar-refractivity contribution in [2.75, 3.05) is 6.54 Å². The van der Waals surface area contributed by atoms with Crippen LogP contribution in [0.4, 0.5) is 4.39 Å². The van der Waals surface area contributed by atoms with Crippen LogP contribution in [0.15, 0.2) is 24.3 Å². The number of amides is 1. The molecule has 0 heterocycles. The van der Waals surface area contributed by atoms with Crippen LogP contribution in [0.1, 0.15) is 33.3 Å². The van der Waals surface area contributed by atoms with Crippen molar-refractivity contribution in [1.82, 2.24) is 5.32 Å². The Balaban J connectivity index is 2.76. The summed E-state index contributed by atoms with van der Waals surface area (Å²) >= 11 is 0. The molecule has 0 aliphatic rings. The molecule has 17 heavy (non-hydrogen) atoms. The van der Waals surface area contributed by atoms with E-state index in [0.717, 1.165) is 0 Å². The van der Waals surface area contributed by atoms with Crippen molar-refractivity contribution in [3.63, 3.8) is 0 Å². The molecule has 1 amide bonds. The third-order valence-corrected chi connectivity index (χ3v) is 2.83. The van der Waals surface area contributed by atoms with Crippen molar-refractivity contribution in [2.45, 2.75) is 33.1 Å². The summed E-state index contributed by atoms with van der Waals surface area (Å²) in [6.45, 7) is 7.96. The predicted molar refractivity (Wildman–Crippen MR) is 67.3 cm³/mol. The minimum atomic E-state index is -0.407. The highest BCUT2D eigenvalue weighted by molar-refractivity contribution is 5.77. The lowest BCUT2D eigenvalue weighted by Crippen LogP contribution is -2.39. The summed E-state index contributed by atoms with van der Waals surface area (Å²) in [6.07, 6.45) is 0. The van der Waals surface area contributed by atoms with Crippen LogP contribution in [0.5, 0.6) is 0 Å². The Hall–Kier alpha value is -1.38. The molecule has 0 unspecified atom stereocenters. The topological polar surface area (TPSA) is 29.1 Å². The van der Waals surface area contributed by atoms with Gasteiger partial charge >= 0.3 is 0 Å². The quantitative estimate of drug-likeness (QED) is 0.857. The zero-order valence-corrected chi connectivity index (χ0v) is 10.9. The van der Waals surface area contributed by atoms with Crippen molar-refractivity contribution >= 4 is 5.91 Å². The lowest BCUT2D eigenvalue weighted by atomic mass is 9.84. The van der Waals surface area contributed by atoms with Gasteiger partial charge in [-0.2, -0.15) is 0 Å². The minimum Gasteiger partial charge on any atom is -0.355 e. The Kier molecular flexibility index (Phi) is 4.27. The summed E-state index contributed by atoms with van der Waals surface area (Å²) in [5.74, 6) is -0.280. The summed E-state index contributed by atoms with van der Waals surface area (Å²) in [4.78, 5) is 11.5. The lowest BCUT2D eigenvalue weighted by molar-refractivity contribution is -0.124. The van der Waals surface area contributed by atoms with Gasteiger partial charge in [-0.05, 0) is 11.6 Å². The van der Waals surface area contributed by atoms with E-state index in [1.54, 1.807) is 12.1 Å². The number of rotatable bonds is 4. The molecule has 0 aliphatic carbocycles. The molecule has 0 saturated heterocycles. The molecular weight excluding hydrogens is 217 g/mol. The lowest BCUT2D eigenvalue weighted by Gasteiger charge is -2.26. The molecule has 0 fully saturated rings. The molecule has 0 radical (unpaired) electrons. The number of hydrogen-bond donors (Lipinski definition) is 1. The van der Waals surface area contributed by atoms with Gasteiger partial charge in [-0.1, -0.05) is 45.9 Å². The highest BCUT2D eigenvalue weighted by Crippen LogP contribution is 2.24. The minimum absolute atomic E-state index is 0.00517. The van der Waals surface area contributed by atoms with Crippen LogP contribution >= 0.6 is 0 Å². The first-order valence-corrected chi connectivity index (χ1v) is 5.87. The molecule has 1 aromatic rings. The summed E-state index contributed by atoms with van der Waals surface area (Å²) in [7, 11) is 0. The van der Waals surface area contributed by atoms with Crippen molar-refractivity contribution in [3.8, 4) is 0 Å². The van der Waals surface area contributed by atoms with E-state index in [1.807, 2.05) is 33.8 Å². The Morgan fingerprint density at radius 3 is 2.47 bits per heavy atom. The Morgan fingerprint density at radius 2 is 1.94 bits per heavy atom. The Morgan fingerprint density at radius 1 is 1.35 bits per heavy atom. The molecule has 0 bridgehead atoms. The maximum absolute atomic E-state index is 13.7. The van der Waals surface area contributed by atoms with E-state index in [-0.39, 0.29) is 17.6 Å². The van der Waals surface area contributed by atoms with Crippen LogP contribution in [0.2, 0.25) is 0 Å². The first-order chi connectivity index (χ1) is 7.84. The van der Waals surface area contributed by atoms with Crippen LogP contribution < -0.4 is 5.32 Å². The second kappa shape index (κ2) is 5.30. The van der Waals surface area contributed by atoms with Gasteiger partial charge in [-0.3, -0.25) is 4.79 Å². The molecular formula is C14H20FNO. The third-order valence-electron chi connectivity index (χ3n) is 2.83. The Labute approximate surface area is 102 Å². The summed E-state index contributed by atoms with van der Waals surface area (Å²) in [6, 6.07) is 6.68. The molecule has 1 rings (SSSR count). The molecule has 0 aromatic heterocycles. The predicted octanol–water partition coefficient (Wildman–Crippen LogP) is 2.88. The summed E-state index contributed by atoms with van der Waals surface area (Å²) in [5.41, 5.74) is 0.222. The number of benzene rings is 1. The molecule has 0 spiro atoms. The van der Waals surface area contributed by atoms with Crippen LogP contribution in [-0.4, -0.2) is 12.5 Å². The van der Waals surface area contributed by atoms with Crippen LogP contribution in [-0.2, 0) is 10.2 Å². The number of nitrogens with one attached hydrogen (secondary N) is 1. The molecule has 3 heteroatoms. The molecule has 0 aliphatic heterocycles. The zero-order chi connectivity index (χ0) is 13.1. The highest BCUT2D eigenvalue weighted by atomic mass is 19.1. The summed E-state index contributed by atoms with van der Waals surface area (Å²) < 4.78 is 13.7. The van der Waals surface area contributed by atoms with Crippen LogP contribution in [0.25, 0.3) is 0 Å². The number of halogens is 1. The zero-order valence-electron chi connectivity index (χ0n) is 10.9. The van der Waals surface area contributed by atoms with Crippen molar-refractivity contribution in [2.24, 2.45) is 5.92 Å². The fourth-order valence-electron chi connectivity index (χ4n) is 1.62. The van der Waals surface area contributed by atoms with Gasteiger partial charge in [0.2, 0.25) is 5.91 Å². The average Bonchev–Trinajstić information content (AvgIpc) is 2.26. The van der Waals surface area contributed by atoms with E-state index in [9.17, 15) is 9.18 Å². The van der Waals surface area contributed by atoms with Gasteiger partial charge in [0, 0.05) is 17.9 Å². The molecule has 1 N–H and O–H groups in total. The van der Waals surface area contributed by atoms with E-state index in [1.165, 1.54) is 6.07 Å². The second-order valence-corrected chi connectivity index (χ2v) is 5.24. The average molecular weight is 237 g/mol. The maximum atomic E-state index is 13.7. The normalized spacial score (nSPS) is 11.6. The van der Waals surface area contributed by atoms with Gasteiger partial charge in [0.05, 0.1) is 0 Å². The van der Waals surface area contributed by atoms with Gasteiger partial charge in [-0.25, -0.2) is 4.39 Å². The molecule has 0 atom stereocenters. The standard InChI is InChI=1S/C14H20FNO/c1-10(2)13(17)16-9-14(3,4)11-7-5-6-8-12(11)15/h5-8,10H,9H2,1-4H3,(H,16,17). The molecule has 94 valence electrons. The smallest absolute Gasteiger partial charge is 0.222 e. The fourth-order valence-corrected chi connectivity index (χ4v) is 1.62. The van der Waals surface area contributed by atoms with E-state index < -0.39 is 5.41 Å².